The Balaban J connectivity index is 1.68. The van der Waals surface area contributed by atoms with E-state index in [1.54, 1.807) is 13.8 Å². The van der Waals surface area contributed by atoms with Crippen molar-refractivity contribution >= 4 is 22.3 Å². The third kappa shape index (κ3) is 3.41. The Hall–Kier alpha value is -2.00. The van der Waals surface area contributed by atoms with E-state index in [0.29, 0.717) is 5.92 Å². The standard InChI is InChI=1S/C21H26N2O/c1-21(2,23)20(22)19(24)16-10-7-15(8-11-16)18-12-9-14-5-3-4-6-17(14)13-18/h3-6,9,12-13,15-16,22H,7-8,10-11,23H2,1-2H3. The largest absolute Gasteiger partial charge is 0.320 e. The molecule has 0 atom stereocenters. The molecule has 1 aliphatic carbocycles. The van der Waals surface area contributed by atoms with Gasteiger partial charge in [-0.05, 0) is 61.8 Å². The Bertz CT molecular complexity index is 765. The highest BCUT2D eigenvalue weighted by Crippen LogP contribution is 2.37. The van der Waals surface area contributed by atoms with Gasteiger partial charge in [-0.1, -0.05) is 42.5 Å². The van der Waals surface area contributed by atoms with Crippen molar-refractivity contribution in [1.29, 1.82) is 5.41 Å². The molecule has 1 saturated carbocycles. The zero-order valence-electron chi connectivity index (χ0n) is 14.5. The number of rotatable bonds is 4. The average molecular weight is 322 g/mol. The van der Waals surface area contributed by atoms with Crippen LogP contribution in [0.5, 0.6) is 0 Å². The molecule has 1 fully saturated rings. The number of carbonyl (C=O) groups excluding carboxylic acids is 1. The number of hydrogen-bond acceptors (Lipinski definition) is 3. The molecule has 0 unspecified atom stereocenters. The third-order valence-electron chi connectivity index (χ3n) is 5.23. The van der Waals surface area contributed by atoms with Crippen LogP contribution in [0.4, 0.5) is 0 Å². The van der Waals surface area contributed by atoms with Crippen LogP contribution in [0.15, 0.2) is 42.5 Å². The fourth-order valence-electron chi connectivity index (χ4n) is 3.67. The third-order valence-corrected chi connectivity index (χ3v) is 5.23. The number of nitrogens with two attached hydrogens (primary N) is 1. The van der Waals surface area contributed by atoms with Gasteiger partial charge in [-0.2, -0.15) is 0 Å². The SMILES string of the molecule is CC(C)(N)C(=N)C(=O)C1CCC(c2ccc3ccccc3c2)CC1. The van der Waals surface area contributed by atoms with E-state index in [1.165, 1.54) is 16.3 Å². The van der Waals surface area contributed by atoms with Gasteiger partial charge in [0.2, 0.25) is 0 Å². The molecule has 3 N–H and O–H groups in total. The second-order valence-corrected chi connectivity index (χ2v) is 7.62. The second kappa shape index (κ2) is 6.48. The number of hydrogen-bond donors (Lipinski definition) is 2. The highest BCUT2D eigenvalue weighted by atomic mass is 16.1. The minimum absolute atomic E-state index is 0.0305. The molecule has 0 saturated heterocycles. The first-order valence-electron chi connectivity index (χ1n) is 8.77. The summed E-state index contributed by atoms with van der Waals surface area (Å²) in [5, 5.41) is 10.6. The van der Waals surface area contributed by atoms with Gasteiger partial charge in [-0.3, -0.25) is 10.2 Å². The Morgan fingerprint density at radius 2 is 1.67 bits per heavy atom. The predicted octanol–water partition coefficient (Wildman–Crippen LogP) is 4.44. The lowest BCUT2D eigenvalue weighted by molar-refractivity contribution is -0.117. The Kier molecular flexibility index (Phi) is 4.55. The lowest BCUT2D eigenvalue weighted by Gasteiger charge is -2.30. The monoisotopic (exact) mass is 322 g/mol. The van der Waals surface area contributed by atoms with Crippen LogP contribution in [-0.2, 0) is 4.79 Å². The maximum Gasteiger partial charge on any atom is 0.181 e. The molecule has 0 amide bonds. The maximum absolute atomic E-state index is 12.5. The van der Waals surface area contributed by atoms with E-state index in [-0.39, 0.29) is 17.4 Å². The molecule has 0 aliphatic heterocycles. The van der Waals surface area contributed by atoms with Gasteiger partial charge in [0.15, 0.2) is 5.78 Å². The molecule has 24 heavy (non-hydrogen) atoms. The molecule has 0 heterocycles. The molecular weight excluding hydrogens is 296 g/mol. The van der Waals surface area contributed by atoms with Crippen LogP contribution in [0, 0.1) is 11.3 Å². The summed E-state index contributed by atoms with van der Waals surface area (Å²) in [5.41, 5.74) is 6.51. The van der Waals surface area contributed by atoms with Gasteiger partial charge < -0.3 is 5.73 Å². The molecule has 126 valence electrons. The highest BCUT2D eigenvalue weighted by molar-refractivity contribution is 6.42. The average Bonchev–Trinajstić information content (AvgIpc) is 2.59. The number of fused-ring (bicyclic) bond motifs is 1. The zero-order valence-corrected chi connectivity index (χ0v) is 14.5. The van der Waals surface area contributed by atoms with E-state index in [1.807, 2.05) is 0 Å². The number of nitrogens with one attached hydrogen (secondary N) is 1. The summed E-state index contributed by atoms with van der Waals surface area (Å²) in [6.07, 6.45) is 3.73. The molecule has 3 rings (SSSR count). The molecule has 2 aromatic rings. The summed E-state index contributed by atoms with van der Waals surface area (Å²) < 4.78 is 0. The van der Waals surface area contributed by atoms with Crippen LogP contribution in [0.25, 0.3) is 10.8 Å². The molecule has 2 aromatic carbocycles. The molecule has 3 nitrogen and oxygen atoms in total. The number of benzene rings is 2. The van der Waals surface area contributed by atoms with Crippen LogP contribution in [0.1, 0.15) is 51.0 Å². The molecular formula is C21H26N2O. The summed E-state index contributed by atoms with van der Waals surface area (Å²) in [5.74, 6) is 0.426. The molecule has 0 bridgehead atoms. The molecule has 3 heteroatoms. The summed E-state index contributed by atoms with van der Waals surface area (Å²) >= 11 is 0. The lowest BCUT2D eigenvalue weighted by atomic mass is 9.75. The second-order valence-electron chi connectivity index (χ2n) is 7.62. The van der Waals surface area contributed by atoms with E-state index >= 15 is 0 Å². The highest BCUT2D eigenvalue weighted by Gasteiger charge is 2.33. The quantitative estimate of drug-likeness (QED) is 0.817. The smallest absolute Gasteiger partial charge is 0.181 e. The summed E-state index contributed by atoms with van der Waals surface area (Å²) in [6, 6.07) is 15.1. The predicted molar refractivity (Wildman–Crippen MR) is 99.6 cm³/mol. The van der Waals surface area contributed by atoms with Crippen LogP contribution < -0.4 is 5.73 Å². The molecule has 0 aromatic heterocycles. The zero-order chi connectivity index (χ0) is 17.3. The van der Waals surface area contributed by atoms with E-state index < -0.39 is 5.54 Å². The van der Waals surface area contributed by atoms with Crippen LogP contribution in [0.3, 0.4) is 0 Å². The van der Waals surface area contributed by atoms with E-state index in [0.717, 1.165) is 25.7 Å². The number of Topliss-reactive ketones (excluding diaryl/α,β-unsaturated/α-hetero) is 1. The first kappa shape index (κ1) is 16.8. The van der Waals surface area contributed by atoms with Gasteiger partial charge in [0.05, 0.1) is 11.3 Å². The maximum atomic E-state index is 12.5. The van der Waals surface area contributed by atoms with Crippen molar-refractivity contribution in [1.82, 2.24) is 0 Å². The van der Waals surface area contributed by atoms with Crippen molar-refractivity contribution in [2.75, 3.05) is 0 Å². The van der Waals surface area contributed by atoms with Gasteiger partial charge in [-0.15, -0.1) is 0 Å². The topological polar surface area (TPSA) is 66.9 Å². The van der Waals surface area contributed by atoms with Gasteiger partial charge in [-0.25, -0.2) is 0 Å². The Morgan fingerprint density at radius 3 is 2.29 bits per heavy atom. The fraction of sp³-hybridized carbons (Fsp3) is 0.429. The van der Waals surface area contributed by atoms with E-state index in [9.17, 15) is 4.79 Å². The normalized spacial score (nSPS) is 21.6. The van der Waals surface area contributed by atoms with Gasteiger partial charge in [0.1, 0.15) is 0 Å². The Labute approximate surface area is 143 Å². The summed E-state index contributed by atoms with van der Waals surface area (Å²) in [6.45, 7) is 3.46. The van der Waals surface area contributed by atoms with Crippen molar-refractivity contribution in [3.05, 3.63) is 48.0 Å². The Morgan fingerprint density at radius 1 is 1.04 bits per heavy atom. The van der Waals surface area contributed by atoms with Crippen molar-refractivity contribution in [2.45, 2.75) is 51.0 Å². The van der Waals surface area contributed by atoms with E-state index in [2.05, 4.69) is 42.5 Å². The van der Waals surface area contributed by atoms with Crippen LogP contribution in [0.2, 0.25) is 0 Å². The van der Waals surface area contributed by atoms with E-state index in [4.69, 9.17) is 11.1 Å². The summed E-state index contributed by atoms with van der Waals surface area (Å²) in [4.78, 5) is 12.5. The van der Waals surface area contributed by atoms with Gasteiger partial charge in [0, 0.05) is 5.92 Å². The number of ketones is 1. The molecule has 1 aliphatic rings. The summed E-state index contributed by atoms with van der Waals surface area (Å²) in [7, 11) is 0. The van der Waals surface area contributed by atoms with Crippen molar-refractivity contribution in [3.8, 4) is 0 Å². The lowest BCUT2D eigenvalue weighted by Crippen LogP contribution is -2.47. The van der Waals surface area contributed by atoms with Gasteiger partial charge in [0.25, 0.3) is 0 Å². The molecule has 0 spiro atoms. The van der Waals surface area contributed by atoms with Crippen LogP contribution >= 0.6 is 0 Å². The first-order valence-corrected chi connectivity index (χ1v) is 8.77. The van der Waals surface area contributed by atoms with Crippen LogP contribution in [-0.4, -0.2) is 17.0 Å². The minimum Gasteiger partial charge on any atom is -0.320 e. The fourth-order valence-corrected chi connectivity index (χ4v) is 3.67. The van der Waals surface area contributed by atoms with Crippen molar-refractivity contribution in [2.24, 2.45) is 11.7 Å². The number of carbonyl (C=O) groups is 1. The first-order chi connectivity index (χ1) is 11.4. The van der Waals surface area contributed by atoms with Gasteiger partial charge >= 0.3 is 0 Å². The minimum atomic E-state index is -0.841. The molecule has 0 radical (unpaired) electrons. The van der Waals surface area contributed by atoms with Crippen molar-refractivity contribution in [3.63, 3.8) is 0 Å². The van der Waals surface area contributed by atoms with Crippen molar-refractivity contribution < 1.29 is 4.79 Å².